The molecule has 2 N–H and O–H groups in total. The number of nitrogens with one attached hydrogen (secondary N) is 2. The number of amides is 4. The highest BCUT2D eigenvalue weighted by Gasteiger charge is 2.51. The van der Waals surface area contributed by atoms with Crippen LogP contribution in [-0.2, 0) is 9.59 Å². The molecule has 0 unspecified atom stereocenters. The van der Waals surface area contributed by atoms with E-state index in [4.69, 9.17) is 0 Å². The Morgan fingerprint density at radius 3 is 2.50 bits per heavy atom. The molecular weight excluding hydrogens is 356 g/mol. The second-order valence-electron chi connectivity index (χ2n) is 8.21. The lowest BCUT2D eigenvalue weighted by molar-refractivity contribution is -0.134. The van der Waals surface area contributed by atoms with Gasteiger partial charge in [-0.3, -0.25) is 14.5 Å². The van der Waals surface area contributed by atoms with Crippen molar-refractivity contribution in [3.8, 4) is 0 Å². The van der Waals surface area contributed by atoms with Crippen molar-refractivity contribution in [2.24, 2.45) is 0 Å². The third-order valence-electron chi connectivity index (χ3n) is 6.21. The number of urea groups is 1. The van der Waals surface area contributed by atoms with Crippen LogP contribution in [0.15, 0.2) is 18.2 Å². The molecule has 0 bridgehead atoms. The van der Waals surface area contributed by atoms with Crippen molar-refractivity contribution in [3.63, 3.8) is 0 Å². The molecule has 0 atom stereocenters. The summed E-state index contributed by atoms with van der Waals surface area (Å²) in [4.78, 5) is 41.0. The van der Waals surface area contributed by atoms with Gasteiger partial charge in [-0.05, 0) is 56.4 Å². The zero-order chi connectivity index (χ0) is 19.7. The highest BCUT2D eigenvalue weighted by Crippen LogP contribution is 2.33. The molecule has 1 aliphatic carbocycles. The van der Waals surface area contributed by atoms with Crippen molar-refractivity contribution in [1.82, 2.24) is 10.2 Å². The first-order valence-corrected chi connectivity index (χ1v) is 10.3. The summed E-state index contributed by atoms with van der Waals surface area (Å²) in [5, 5.41) is 5.70. The van der Waals surface area contributed by atoms with Gasteiger partial charge in [0.05, 0.1) is 0 Å². The first-order valence-electron chi connectivity index (χ1n) is 10.3. The molecule has 4 amide bonds. The normalized spacial score (nSPS) is 21.3. The van der Waals surface area contributed by atoms with Crippen LogP contribution in [0.5, 0.6) is 0 Å². The summed E-state index contributed by atoms with van der Waals surface area (Å²) in [6.45, 7) is 3.85. The van der Waals surface area contributed by atoms with E-state index in [2.05, 4.69) is 21.6 Å². The van der Waals surface area contributed by atoms with Crippen LogP contribution in [0.3, 0.4) is 0 Å². The maximum absolute atomic E-state index is 12.8. The fourth-order valence-electron chi connectivity index (χ4n) is 4.61. The molecule has 4 rings (SSSR count). The molecule has 150 valence electrons. The molecule has 1 aromatic rings. The third kappa shape index (κ3) is 3.45. The van der Waals surface area contributed by atoms with E-state index in [1.807, 2.05) is 19.1 Å². The van der Waals surface area contributed by atoms with Crippen LogP contribution in [0.1, 0.15) is 50.5 Å². The van der Waals surface area contributed by atoms with Gasteiger partial charge in [0, 0.05) is 24.5 Å². The molecule has 0 aromatic heterocycles. The number of benzene rings is 1. The smallest absolute Gasteiger partial charge is 0.325 e. The first-order chi connectivity index (χ1) is 13.5. The van der Waals surface area contributed by atoms with Gasteiger partial charge in [-0.1, -0.05) is 19.3 Å². The maximum Gasteiger partial charge on any atom is 0.325 e. The number of carbonyl (C=O) groups is 3. The van der Waals surface area contributed by atoms with Gasteiger partial charge in [-0.15, -0.1) is 0 Å². The summed E-state index contributed by atoms with van der Waals surface area (Å²) < 4.78 is 0. The number of hydrogen-bond acceptors (Lipinski definition) is 4. The van der Waals surface area contributed by atoms with Gasteiger partial charge in [-0.2, -0.15) is 0 Å². The first kappa shape index (κ1) is 18.8. The largest absolute Gasteiger partial charge is 0.372 e. The standard InChI is InChI=1S/C21H28N4O3/c1-15-13-16(24-11-5-6-12-24)7-8-17(15)22-18(26)14-25-19(27)21(23-20(25)28)9-3-2-4-10-21/h7-8,13H,2-6,9-12,14H2,1H3,(H,22,26)(H,23,28). The Morgan fingerprint density at radius 1 is 1.11 bits per heavy atom. The predicted octanol–water partition coefficient (Wildman–Crippen LogP) is 2.79. The fraction of sp³-hybridized carbons (Fsp3) is 0.571. The summed E-state index contributed by atoms with van der Waals surface area (Å²) in [5.74, 6) is -0.609. The lowest BCUT2D eigenvalue weighted by Crippen LogP contribution is -2.48. The third-order valence-corrected chi connectivity index (χ3v) is 6.21. The average Bonchev–Trinajstić information content (AvgIpc) is 3.28. The van der Waals surface area contributed by atoms with Gasteiger partial charge in [0.1, 0.15) is 12.1 Å². The Labute approximate surface area is 165 Å². The van der Waals surface area contributed by atoms with Gasteiger partial charge < -0.3 is 15.5 Å². The molecule has 7 heteroatoms. The molecule has 3 fully saturated rings. The SMILES string of the molecule is Cc1cc(N2CCCC2)ccc1NC(=O)CN1C(=O)NC2(CCCCC2)C1=O. The van der Waals surface area contributed by atoms with Crippen LogP contribution in [0.4, 0.5) is 16.2 Å². The molecule has 2 saturated heterocycles. The monoisotopic (exact) mass is 384 g/mol. The molecule has 2 aliphatic heterocycles. The Kier molecular flexibility index (Phi) is 5.00. The van der Waals surface area contributed by atoms with E-state index in [1.54, 1.807) is 0 Å². The molecule has 1 aromatic carbocycles. The number of anilines is 2. The van der Waals surface area contributed by atoms with E-state index < -0.39 is 11.6 Å². The van der Waals surface area contributed by atoms with Crippen molar-refractivity contribution in [1.29, 1.82) is 0 Å². The molecule has 1 saturated carbocycles. The lowest BCUT2D eigenvalue weighted by atomic mass is 9.82. The number of carbonyl (C=O) groups excluding carboxylic acids is 3. The highest BCUT2D eigenvalue weighted by molar-refractivity contribution is 6.10. The van der Waals surface area contributed by atoms with Crippen molar-refractivity contribution in [3.05, 3.63) is 23.8 Å². The van der Waals surface area contributed by atoms with Gasteiger partial charge in [0.2, 0.25) is 5.91 Å². The minimum absolute atomic E-state index is 0.250. The predicted molar refractivity (Wildman–Crippen MR) is 107 cm³/mol. The summed E-state index contributed by atoms with van der Waals surface area (Å²) in [7, 11) is 0. The summed E-state index contributed by atoms with van der Waals surface area (Å²) >= 11 is 0. The van der Waals surface area contributed by atoms with Crippen molar-refractivity contribution in [2.45, 2.75) is 57.4 Å². The van der Waals surface area contributed by atoms with E-state index in [-0.39, 0.29) is 18.4 Å². The van der Waals surface area contributed by atoms with Crippen molar-refractivity contribution >= 4 is 29.2 Å². The molecule has 28 heavy (non-hydrogen) atoms. The van der Waals surface area contributed by atoms with Crippen molar-refractivity contribution < 1.29 is 14.4 Å². The quantitative estimate of drug-likeness (QED) is 0.782. The molecular formula is C21H28N4O3. The number of aryl methyl sites for hydroxylation is 1. The Bertz CT molecular complexity index is 795. The van der Waals surface area contributed by atoms with E-state index in [0.29, 0.717) is 18.5 Å². The van der Waals surface area contributed by atoms with E-state index in [1.165, 1.54) is 18.5 Å². The minimum atomic E-state index is -0.789. The van der Waals surface area contributed by atoms with Crippen LogP contribution >= 0.6 is 0 Å². The average molecular weight is 384 g/mol. The second-order valence-corrected chi connectivity index (χ2v) is 8.21. The number of hydrogen-bond donors (Lipinski definition) is 2. The fourth-order valence-corrected chi connectivity index (χ4v) is 4.61. The van der Waals surface area contributed by atoms with Crippen LogP contribution in [-0.4, -0.2) is 47.9 Å². The van der Waals surface area contributed by atoms with E-state index >= 15 is 0 Å². The lowest BCUT2D eigenvalue weighted by Gasteiger charge is -2.30. The van der Waals surface area contributed by atoms with Gasteiger partial charge in [-0.25, -0.2) is 4.79 Å². The number of imide groups is 1. The summed E-state index contributed by atoms with van der Waals surface area (Å²) in [6.07, 6.45) is 6.68. The topological polar surface area (TPSA) is 81.8 Å². The highest BCUT2D eigenvalue weighted by atomic mass is 16.2. The Balaban J connectivity index is 1.40. The number of rotatable bonds is 4. The number of nitrogens with zero attached hydrogens (tertiary/aromatic N) is 2. The van der Waals surface area contributed by atoms with E-state index in [9.17, 15) is 14.4 Å². The van der Waals surface area contributed by atoms with Gasteiger partial charge >= 0.3 is 6.03 Å². The maximum atomic E-state index is 12.8. The van der Waals surface area contributed by atoms with Crippen LogP contribution in [0.25, 0.3) is 0 Å². The molecule has 1 spiro atoms. The Morgan fingerprint density at radius 2 is 1.82 bits per heavy atom. The summed E-state index contributed by atoms with van der Waals surface area (Å²) in [5.41, 5.74) is 2.07. The second kappa shape index (κ2) is 7.45. The minimum Gasteiger partial charge on any atom is -0.372 e. The zero-order valence-corrected chi connectivity index (χ0v) is 16.4. The van der Waals surface area contributed by atoms with Crippen LogP contribution < -0.4 is 15.5 Å². The van der Waals surface area contributed by atoms with Gasteiger partial charge in [0.15, 0.2) is 0 Å². The summed E-state index contributed by atoms with van der Waals surface area (Å²) in [6, 6.07) is 5.53. The molecule has 7 nitrogen and oxygen atoms in total. The zero-order valence-electron chi connectivity index (χ0n) is 16.4. The molecule has 3 aliphatic rings. The van der Waals surface area contributed by atoms with Crippen molar-refractivity contribution in [2.75, 3.05) is 29.9 Å². The van der Waals surface area contributed by atoms with Crippen LogP contribution in [0, 0.1) is 6.92 Å². The van der Waals surface area contributed by atoms with E-state index in [0.717, 1.165) is 42.8 Å². The molecule has 2 heterocycles. The molecule has 0 radical (unpaired) electrons. The van der Waals surface area contributed by atoms with Crippen LogP contribution in [0.2, 0.25) is 0 Å². The van der Waals surface area contributed by atoms with Gasteiger partial charge in [0.25, 0.3) is 5.91 Å². The Hall–Kier alpha value is -2.57.